The van der Waals surface area contributed by atoms with E-state index in [-0.39, 0.29) is 5.56 Å². The Bertz CT molecular complexity index is 570. The topological polar surface area (TPSA) is 33.0 Å². The quantitative estimate of drug-likeness (QED) is 0.788. The van der Waals surface area contributed by atoms with Gasteiger partial charge in [0.1, 0.15) is 17.6 Å². The molecule has 0 unspecified atom stereocenters. The number of hydrogen-bond donors (Lipinski definition) is 0. The van der Waals surface area contributed by atoms with Crippen molar-refractivity contribution in [2.75, 3.05) is 7.11 Å². The van der Waals surface area contributed by atoms with Gasteiger partial charge in [0.25, 0.3) is 0 Å². The molecule has 0 atom stereocenters. The van der Waals surface area contributed by atoms with Crippen LogP contribution >= 0.6 is 0 Å². The summed E-state index contributed by atoms with van der Waals surface area (Å²) in [5.41, 5.74) is 1.20. The van der Waals surface area contributed by atoms with Gasteiger partial charge >= 0.3 is 0 Å². The third-order valence-electron chi connectivity index (χ3n) is 2.52. The summed E-state index contributed by atoms with van der Waals surface area (Å²) in [5, 5.41) is 8.76. The summed E-state index contributed by atoms with van der Waals surface area (Å²) in [6, 6.07) is 13.6. The fourth-order valence-corrected chi connectivity index (χ4v) is 1.61. The van der Waals surface area contributed by atoms with E-state index in [1.54, 1.807) is 43.5 Å². The van der Waals surface area contributed by atoms with Crippen LogP contribution in [0, 0.1) is 17.1 Å². The zero-order valence-electron chi connectivity index (χ0n) is 9.27. The molecule has 0 heterocycles. The van der Waals surface area contributed by atoms with Gasteiger partial charge in [-0.2, -0.15) is 5.26 Å². The predicted octanol–water partition coefficient (Wildman–Crippen LogP) is 3.37. The zero-order valence-corrected chi connectivity index (χ0v) is 9.27. The van der Waals surface area contributed by atoms with Crippen molar-refractivity contribution >= 4 is 0 Å². The molecule has 0 aliphatic heterocycles. The van der Waals surface area contributed by atoms with Gasteiger partial charge in [-0.1, -0.05) is 24.3 Å². The highest BCUT2D eigenvalue weighted by atomic mass is 19.1. The van der Waals surface area contributed by atoms with Crippen LogP contribution in [0.4, 0.5) is 4.39 Å². The Hall–Kier alpha value is -2.34. The lowest BCUT2D eigenvalue weighted by Gasteiger charge is -2.05. The lowest BCUT2D eigenvalue weighted by molar-refractivity contribution is 0.415. The standard InChI is InChI=1S/C14H10FNO/c1-17-12-7-5-10(6-8-12)13-4-2-3-11(9-16)14(13)15/h2-8H,1H3. The van der Waals surface area contributed by atoms with Crippen LogP contribution in [0.25, 0.3) is 11.1 Å². The number of methoxy groups -OCH3 is 1. The molecule has 0 amide bonds. The normalized spacial score (nSPS) is 9.71. The summed E-state index contributed by atoms with van der Waals surface area (Å²) >= 11 is 0. The number of benzene rings is 2. The summed E-state index contributed by atoms with van der Waals surface area (Å²) in [5.74, 6) is 0.228. The van der Waals surface area contributed by atoms with Crippen LogP contribution in [-0.4, -0.2) is 7.11 Å². The van der Waals surface area contributed by atoms with E-state index in [1.165, 1.54) is 6.07 Å². The van der Waals surface area contributed by atoms with Gasteiger partial charge < -0.3 is 4.74 Å². The molecular weight excluding hydrogens is 217 g/mol. The molecule has 0 fully saturated rings. The van der Waals surface area contributed by atoms with Gasteiger partial charge in [0.05, 0.1) is 12.7 Å². The van der Waals surface area contributed by atoms with Gasteiger partial charge in [0, 0.05) is 5.56 Å². The van der Waals surface area contributed by atoms with Crippen molar-refractivity contribution in [3.8, 4) is 22.9 Å². The summed E-state index contributed by atoms with van der Waals surface area (Å²) in [6.07, 6.45) is 0. The van der Waals surface area contributed by atoms with E-state index >= 15 is 0 Å². The van der Waals surface area contributed by atoms with Crippen LogP contribution in [0.3, 0.4) is 0 Å². The highest BCUT2D eigenvalue weighted by molar-refractivity contribution is 5.66. The Labute approximate surface area is 98.9 Å². The van der Waals surface area contributed by atoms with Gasteiger partial charge in [-0.15, -0.1) is 0 Å². The molecule has 2 aromatic carbocycles. The SMILES string of the molecule is COc1ccc(-c2cccc(C#N)c2F)cc1. The van der Waals surface area contributed by atoms with E-state index < -0.39 is 5.82 Å². The molecule has 0 aromatic heterocycles. The van der Waals surface area contributed by atoms with E-state index in [0.29, 0.717) is 11.3 Å². The minimum Gasteiger partial charge on any atom is -0.497 e. The van der Waals surface area contributed by atoms with Crippen molar-refractivity contribution in [1.82, 2.24) is 0 Å². The monoisotopic (exact) mass is 227 g/mol. The molecule has 2 aromatic rings. The fraction of sp³-hybridized carbons (Fsp3) is 0.0714. The molecular formula is C14H10FNO. The predicted molar refractivity (Wildman–Crippen MR) is 63.1 cm³/mol. The van der Waals surface area contributed by atoms with E-state index in [9.17, 15) is 4.39 Å². The van der Waals surface area contributed by atoms with Gasteiger partial charge in [0.15, 0.2) is 0 Å². The molecule has 0 saturated carbocycles. The van der Waals surface area contributed by atoms with Gasteiger partial charge in [-0.3, -0.25) is 0 Å². The number of nitrogens with zero attached hydrogens (tertiary/aromatic N) is 1. The maximum absolute atomic E-state index is 13.9. The Balaban J connectivity index is 2.50. The van der Waals surface area contributed by atoms with Crippen LogP contribution in [0.15, 0.2) is 42.5 Å². The smallest absolute Gasteiger partial charge is 0.148 e. The van der Waals surface area contributed by atoms with E-state index in [0.717, 1.165) is 5.56 Å². The first-order chi connectivity index (χ1) is 8.26. The third kappa shape index (κ3) is 2.11. The van der Waals surface area contributed by atoms with Crippen molar-refractivity contribution in [3.05, 3.63) is 53.8 Å². The number of rotatable bonds is 2. The van der Waals surface area contributed by atoms with Gasteiger partial charge in [0.2, 0.25) is 0 Å². The Morgan fingerprint density at radius 1 is 1.12 bits per heavy atom. The van der Waals surface area contributed by atoms with Crippen LogP contribution in [0.5, 0.6) is 5.75 Å². The summed E-state index contributed by atoms with van der Waals surface area (Å²) in [4.78, 5) is 0. The highest BCUT2D eigenvalue weighted by Gasteiger charge is 2.09. The molecule has 2 rings (SSSR count). The highest BCUT2D eigenvalue weighted by Crippen LogP contribution is 2.26. The molecule has 0 N–H and O–H groups in total. The molecule has 2 nitrogen and oxygen atoms in total. The second-order valence-corrected chi connectivity index (χ2v) is 3.51. The molecule has 3 heteroatoms. The summed E-state index contributed by atoms with van der Waals surface area (Å²) in [7, 11) is 1.58. The second-order valence-electron chi connectivity index (χ2n) is 3.51. The fourth-order valence-electron chi connectivity index (χ4n) is 1.61. The van der Waals surface area contributed by atoms with Crippen molar-refractivity contribution < 1.29 is 9.13 Å². The Morgan fingerprint density at radius 3 is 2.41 bits per heavy atom. The number of nitriles is 1. The van der Waals surface area contributed by atoms with E-state index in [1.807, 2.05) is 6.07 Å². The van der Waals surface area contributed by atoms with Crippen molar-refractivity contribution in [2.45, 2.75) is 0 Å². The maximum Gasteiger partial charge on any atom is 0.148 e. The molecule has 0 aliphatic rings. The molecule has 0 bridgehead atoms. The summed E-state index contributed by atoms with van der Waals surface area (Å²) < 4.78 is 18.9. The second kappa shape index (κ2) is 4.67. The lowest BCUT2D eigenvalue weighted by Crippen LogP contribution is -1.89. The average Bonchev–Trinajstić information content (AvgIpc) is 2.39. The first-order valence-corrected chi connectivity index (χ1v) is 5.09. The molecule has 0 saturated heterocycles. The van der Waals surface area contributed by atoms with Crippen LogP contribution in [-0.2, 0) is 0 Å². The maximum atomic E-state index is 13.9. The van der Waals surface area contributed by atoms with E-state index in [2.05, 4.69) is 0 Å². The molecule has 0 spiro atoms. The largest absolute Gasteiger partial charge is 0.497 e. The zero-order chi connectivity index (χ0) is 12.3. The molecule has 0 radical (unpaired) electrons. The van der Waals surface area contributed by atoms with Gasteiger partial charge in [-0.25, -0.2) is 4.39 Å². The first-order valence-electron chi connectivity index (χ1n) is 5.09. The molecule has 17 heavy (non-hydrogen) atoms. The minimum absolute atomic E-state index is 0.0540. The molecule has 84 valence electrons. The molecule has 0 aliphatic carbocycles. The third-order valence-corrected chi connectivity index (χ3v) is 2.52. The Morgan fingerprint density at radius 2 is 1.82 bits per heavy atom. The number of halogens is 1. The van der Waals surface area contributed by atoms with Crippen LogP contribution in [0.1, 0.15) is 5.56 Å². The van der Waals surface area contributed by atoms with E-state index in [4.69, 9.17) is 10.00 Å². The Kier molecular flexibility index (Phi) is 3.06. The van der Waals surface area contributed by atoms with Gasteiger partial charge in [-0.05, 0) is 23.8 Å². The van der Waals surface area contributed by atoms with Crippen molar-refractivity contribution in [1.29, 1.82) is 5.26 Å². The average molecular weight is 227 g/mol. The summed E-state index contributed by atoms with van der Waals surface area (Å²) in [6.45, 7) is 0. The first kappa shape index (κ1) is 11.2. The number of ether oxygens (including phenoxy) is 1. The number of hydrogen-bond acceptors (Lipinski definition) is 2. The van der Waals surface area contributed by atoms with Crippen LogP contribution < -0.4 is 4.74 Å². The van der Waals surface area contributed by atoms with Crippen molar-refractivity contribution in [3.63, 3.8) is 0 Å². The van der Waals surface area contributed by atoms with Crippen LogP contribution in [0.2, 0.25) is 0 Å². The minimum atomic E-state index is -0.486. The lowest BCUT2D eigenvalue weighted by atomic mass is 10.0. The van der Waals surface area contributed by atoms with Crippen molar-refractivity contribution in [2.24, 2.45) is 0 Å².